The number of esters is 2. The Hall–Kier alpha value is -3.94. The van der Waals surface area contributed by atoms with Crippen LogP contribution >= 0.6 is 0 Å². The second kappa shape index (κ2) is 9.13. The minimum Gasteiger partial charge on any atom is -0.504 e. The largest absolute Gasteiger partial charge is 0.504 e. The number of phenols is 6. The molecule has 184 valence electrons. The summed E-state index contributed by atoms with van der Waals surface area (Å²) >= 11 is 0. The molecule has 1 saturated heterocycles. The van der Waals surface area contributed by atoms with E-state index in [9.17, 15) is 50.4 Å². The van der Waals surface area contributed by atoms with Gasteiger partial charge in [-0.25, -0.2) is 9.59 Å². The van der Waals surface area contributed by atoms with Gasteiger partial charge >= 0.3 is 11.9 Å². The molecule has 2 aromatic carbocycles. The van der Waals surface area contributed by atoms with Crippen LogP contribution in [-0.4, -0.2) is 89.9 Å². The predicted octanol–water partition coefficient (Wildman–Crippen LogP) is -0.187. The summed E-state index contributed by atoms with van der Waals surface area (Å²) in [6.45, 7) is 0.0244. The smallest absolute Gasteiger partial charge is 0.338 e. The van der Waals surface area contributed by atoms with Crippen molar-refractivity contribution in [1.82, 2.24) is 0 Å². The molecule has 0 radical (unpaired) electrons. The molecule has 0 spiro atoms. The molecule has 13 heteroatoms. The van der Waals surface area contributed by atoms with Gasteiger partial charge in [0.25, 0.3) is 0 Å². The van der Waals surface area contributed by atoms with Crippen molar-refractivity contribution in [3.8, 4) is 34.5 Å². The van der Waals surface area contributed by atoms with Gasteiger partial charge in [0.2, 0.25) is 0 Å². The quantitative estimate of drug-likeness (QED) is 0.198. The molecule has 0 aromatic heterocycles. The number of aliphatic hydroxyl groups excluding tert-OH is 1. The summed E-state index contributed by atoms with van der Waals surface area (Å²) in [6.07, 6.45) is -4.03. The van der Waals surface area contributed by atoms with Gasteiger partial charge in [-0.15, -0.1) is 0 Å². The number of hydrogen-bond acceptors (Lipinski definition) is 13. The number of benzene rings is 2. The van der Waals surface area contributed by atoms with E-state index in [1.54, 1.807) is 0 Å². The SMILES string of the molecule is CC1O[C@H](COC(=O)c2cc(O)c(O)c(O)c2)[C@@H](O)[C@]1(O)COC(=O)c1cc(O)c(O)c(O)c1. The standard InChI is InChI=1S/C21H22O13/c1-8-21(31,7-33-20(30)10-4-13(24)17(27)14(25)5-10)18(28)15(34-8)6-32-19(29)9-2-11(22)16(26)12(23)3-9/h2-5,8,15,18,22-28,31H,6-7H2,1H3/t8?,15-,18-,21+/m1/s1. The maximum Gasteiger partial charge on any atom is 0.338 e. The zero-order chi connectivity index (χ0) is 25.4. The molecule has 1 aliphatic heterocycles. The van der Waals surface area contributed by atoms with Crippen molar-refractivity contribution in [1.29, 1.82) is 0 Å². The van der Waals surface area contributed by atoms with Crippen LogP contribution < -0.4 is 0 Å². The van der Waals surface area contributed by atoms with Crippen LogP contribution in [0.2, 0.25) is 0 Å². The first-order valence-electron chi connectivity index (χ1n) is 9.75. The average molecular weight is 482 g/mol. The van der Waals surface area contributed by atoms with Crippen molar-refractivity contribution in [3.05, 3.63) is 35.4 Å². The van der Waals surface area contributed by atoms with Gasteiger partial charge in [0.15, 0.2) is 40.1 Å². The van der Waals surface area contributed by atoms with Gasteiger partial charge in [-0.3, -0.25) is 0 Å². The van der Waals surface area contributed by atoms with Crippen molar-refractivity contribution >= 4 is 11.9 Å². The van der Waals surface area contributed by atoms with E-state index in [0.29, 0.717) is 0 Å². The van der Waals surface area contributed by atoms with Crippen molar-refractivity contribution < 1.29 is 64.7 Å². The van der Waals surface area contributed by atoms with Gasteiger partial charge in [-0.1, -0.05) is 0 Å². The lowest BCUT2D eigenvalue weighted by atomic mass is 9.92. The third-order valence-corrected chi connectivity index (χ3v) is 5.37. The molecular weight excluding hydrogens is 460 g/mol. The molecule has 8 N–H and O–H groups in total. The van der Waals surface area contributed by atoms with Crippen LogP contribution in [0.1, 0.15) is 27.6 Å². The number of phenolic OH excluding ortho intramolecular Hbond substituents is 6. The Morgan fingerprint density at radius 1 is 0.853 bits per heavy atom. The van der Waals surface area contributed by atoms with E-state index in [1.807, 2.05) is 0 Å². The van der Waals surface area contributed by atoms with E-state index in [0.717, 1.165) is 24.3 Å². The molecule has 0 saturated carbocycles. The molecule has 34 heavy (non-hydrogen) atoms. The number of carbonyl (C=O) groups is 2. The van der Waals surface area contributed by atoms with Crippen LogP contribution in [-0.2, 0) is 14.2 Å². The Bertz CT molecular complexity index is 1070. The minimum absolute atomic E-state index is 0.307. The van der Waals surface area contributed by atoms with E-state index < -0.39 is 83.6 Å². The highest BCUT2D eigenvalue weighted by molar-refractivity contribution is 5.91. The zero-order valence-electron chi connectivity index (χ0n) is 17.6. The highest BCUT2D eigenvalue weighted by atomic mass is 16.6. The first-order chi connectivity index (χ1) is 15.8. The Kier molecular flexibility index (Phi) is 6.63. The lowest BCUT2D eigenvalue weighted by molar-refractivity contribution is -0.107. The number of ether oxygens (including phenoxy) is 3. The Morgan fingerprint density at radius 3 is 1.71 bits per heavy atom. The molecule has 2 aromatic rings. The fraction of sp³-hybridized carbons (Fsp3) is 0.333. The summed E-state index contributed by atoms with van der Waals surface area (Å²) in [5.41, 5.74) is -2.77. The summed E-state index contributed by atoms with van der Waals surface area (Å²) in [5, 5.41) is 78.0. The highest BCUT2D eigenvalue weighted by Crippen LogP contribution is 2.37. The van der Waals surface area contributed by atoms with E-state index in [2.05, 4.69) is 0 Å². The monoisotopic (exact) mass is 482 g/mol. The van der Waals surface area contributed by atoms with Crippen LogP contribution in [0.5, 0.6) is 34.5 Å². The van der Waals surface area contributed by atoms with Crippen LogP contribution in [0.15, 0.2) is 24.3 Å². The number of rotatable bonds is 6. The molecular formula is C21H22O13. The van der Waals surface area contributed by atoms with Crippen LogP contribution in [0, 0.1) is 0 Å². The van der Waals surface area contributed by atoms with Crippen molar-refractivity contribution in [3.63, 3.8) is 0 Å². The molecule has 1 heterocycles. The number of carbonyl (C=O) groups excluding carboxylic acids is 2. The fourth-order valence-corrected chi connectivity index (χ4v) is 3.30. The first kappa shape index (κ1) is 24.7. The molecule has 1 unspecified atom stereocenters. The second-order valence-electron chi connectivity index (χ2n) is 7.65. The third kappa shape index (κ3) is 4.57. The normalized spacial score (nSPS) is 24.0. The molecule has 1 fully saturated rings. The summed E-state index contributed by atoms with van der Waals surface area (Å²) in [7, 11) is 0. The van der Waals surface area contributed by atoms with Gasteiger partial charge in [-0.2, -0.15) is 0 Å². The zero-order valence-corrected chi connectivity index (χ0v) is 17.6. The van der Waals surface area contributed by atoms with E-state index >= 15 is 0 Å². The second-order valence-corrected chi connectivity index (χ2v) is 7.65. The molecule has 3 rings (SSSR count). The summed E-state index contributed by atoms with van der Waals surface area (Å²) in [6, 6.07) is 3.35. The number of aromatic hydroxyl groups is 6. The Morgan fingerprint density at radius 2 is 1.26 bits per heavy atom. The topological polar surface area (TPSA) is 224 Å². The van der Waals surface area contributed by atoms with Crippen molar-refractivity contribution in [2.75, 3.05) is 13.2 Å². The van der Waals surface area contributed by atoms with E-state index in [-0.39, 0.29) is 11.1 Å². The minimum atomic E-state index is -2.12. The third-order valence-electron chi connectivity index (χ3n) is 5.37. The lowest BCUT2D eigenvalue weighted by Crippen LogP contribution is -2.52. The molecule has 13 nitrogen and oxygen atoms in total. The van der Waals surface area contributed by atoms with Crippen molar-refractivity contribution in [2.24, 2.45) is 0 Å². The van der Waals surface area contributed by atoms with Crippen LogP contribution in [0.4, 0.5) is 0 Å². The van der Waals surface area contributed by atoms with E-state index in [4.69, 9.17) is 14.2 Å². The van der Waals surface area contributed by atoms with Crippen molar-refractivity contribution in [2.45, 2.75) is 30.8 Å². The molecule has 4 atom stereocenters. The fourth-order valence-electron chi connectivity index (χ4n) is 3.30. The summed E-state index contributed by atoms with van der Waals surface area (Å²) in [5.74, 6) is -6.87. The van der Waals surface area contributed by atoms with Gasteiger partial charge in [0.05, 0.1) is 17.2 Å². The Balaban J connectivity index is 1.63. The summed E-state index contributed by atoms with van der Waals surface area (Å²) in [4.78, 5) is 24.4. The Labute approximate surface area is 191 Å². The van der Waals surface area contributed by atoms with Crippen LogP contribution in [0.3, 0.4) is 0 Å². The summed E-state index contributed by atoms with van der Waals surface area (Å²) < 4.78 is 15.4. The first-order valence-corrected chi connectivity index (χ1v) is 9.75. The molecule has 0 aliphatic carbocycles. The van der Waals surface area contributed by atoms with Gasteiger partial charge in [0, 0.05) is 0 Å². The number of hydrogen-bond donors (Lipinski definition) is 8. The molecule has 1 aliphatic rings. The van der Waals surface area contributed by atoms with Gasteiger partial charge in [0.1, 0.15) is 25.4 Å². The number of aliphatic hydroxyl groups is 2. The maximum atomic E-state index is 12.2. The van der Waals surface area contributed by atoms with Crippen LogP contribution in [0.25, 0.3) is 0 Å². The van der Waals surface area contributed by atoms with E-state index in [1.165, 1.54) is 6.92 Å². The average Bonchev–Trinajstić information content (AvgIpc) is 3.00. The lowest BCUT2D eigenvalue weighted by Gasteiger charge is -2.28. The predicted molar refractivity (Wildman–Crippen MR) is 109 cm³/mol. The van der Waals surface area contributed by atoms with Gasteiger partial charge < -0.3 is 55.1 Å². The van der Waals surface area contributed by atoms with Gasteiger partial charge in [-0.05, 0) is 31.2 Å². The maximum absolute atomic E-state index is 12.2. The highest BCUT2D eigenvalue weighted by Gasteiger charge is 2.54. The molecule has 0 bridgehead atoms. The molecule has 0 amide bonds.